The van der Waals surface area contributed by atoms with Crippen molar-refractivity contribution in [2.75, 3.05) is 20.0 Å². The van der Waals surface area contributed by atoms with Gasteiger partial charge in [0.05, 0.1) is 19.9 Å². The van der Waals surface area contributed by atoms with E-state index in [1.165, 1.54) is 0 Å². The minimum absolute atomic E-state index is 0.361. The Labute approximate surface area is 105 Å². The van der Waals surface area contributed by atoms with E-state index in [2.05, 4.69) is 4.98 Å². The summed E-state index contributed by atoms with van der Waals surface area (Å²) in [5.74, 6) is 2.04. The van der Waals surface area contributed by atoms with Crippen LogP contribution in [0.5, 0.6) is 23.1 Å². The van der Waals surface area contributed by atoms with Crippen molar-refractivity contribution in [1.29, 1.82) is 0 Å². The van der Waals surface area contributed by atoms with Crippen molar-refractivity contribution in [1.82, 2.24) is 4.98 Å². The molecule has 0 bridgehead atoms. The molecule has 2 rings (SSSR count). The fourth-order valence-corrected chi connectivity index (χ4v) is 1.44. The number of hydrogen-bond acceptors (Lipinski definition) is 5. The first-order valence-corrected chi connectivity index (χ1v) is 5.35. The second-order valence-corrected chi connectivity index (χ2v) is 3.52. The lowest BCUT2D eigenvalue weighted by atomic mass is 10.3. The van der Waals surface area contributed by atoms with Crippen LogP contribution in [0.2, 0.25) is 0 Å². The van der Waals surface area contributed by atoms with Gasteiger partial charge in [-0.3, -0.25) is 0 Å². The van der Waals surface area contributed by atoms with Gasteiger partial charge >= 0.3 is 0 Å². The third-order valence-electron chi connectivity index (χ3n) is 2.38. The molecule has 2 aromatic rings. The van der Waals surface area contributed by atoms with Crippen LogP contribution < -0.4 is 19.9 Å². The maximum absolute atomic E-state index is 5.83. The summed E-state index contributed by atoms with van der Waals surface area (Å²) in [6.07, 6.45) is 1.62. The SMILES string of the molecule is COc1ccc(N)c(Oc2ncccc2OC)c1. The van der Waals surface area contributed by atoms with E-state index in [4.69, 9.17) is 19.9 Å². The van der Waals surface area contributed by atoms with Crippen molar-refractivity contribution in [2.24, 2.45) is 0 Å². The van der Waals surface area contributed by atoms with Crippen LogP contribution in [0.15, 0.2) is 36.5 Å². The number of pyridine rings is 1. The van der Waals surface area contributed by atoms with E-state index in [0.717, 1.165) is 0 Å². The molecule has 0 fully saturated rings. The molecule has 0 aliphatic carbocycles. The average Bonchev–Trinajstić information content (AvgIpc) is 2.42. The molecular formula is C13H14N2O3. The summed E-state index contributed by atoms with van der Waals surface area (Å²) in [6, 6.07) is 8.70. The zero-order valence-electron chi connectivity index (χ0n) is 10.2. The standard InChI is InChI=1S/C13H14N2O3/c1-16-9-5-6-10(14)12(8-9)18-13-11(17-2)4-3-7-15-13/h3-8H,14H2,1-2H3. The summed E-state index contributed by atoms with van der Waals surface area (Å²) < 4.78 is 15.9. The van der Waals surface area contributed by atoms with Gasteiger partial charge < -0.3 is 19.9 Å². The van der Waals surface area contributed by atoms with Gasteiger partial charge in [-0.25, -0.2) is 4.98 Å². The molecule has 0 unspecified atom stereocenters. The molecule has 0 saturated heterocycles. The average molecular weight is 246 g/mol. The van der Waals surface area contributed by atoms with Crippen LogP contribution >= 0.6 is 0 Å². The van der Waals surface area contributed by atoms with Gasteiger partial charge in [-0.05, 0) is 24.3 Å². The Balaban J connectivity index is 2.33. The highest BCUT2D eigenvalue weighted by atomic mass is 16.5. The molecule has 0 atom stereocenters. The number of anilines is 1. The highest BCUT2D eigenvalue weighted by molar-refractivity contribution is 5.57. The van der Waals surface area contributed by atoms with Gasteiger partial charge in [-0.1, -0.05) is 0 Å². The van der Waals surface area contributed by atoms with E-state index in [1.807, 2.05) is 0 Å². The summed E-state index contributed by atoms with van der Waals surface area (Å²) in [4.78, 5) is 4.10. The molecule has 0 aliphatic rings. The molecule has 94 valence electrons. The molecule has 1 aromatic carbocycles. The quantitative estimate of drug-likeness (QED) is 0.839. The predicted octanol–water partition coefficient (Wildman–Crippen LogP) is 2.47. The van der Waals surface area contributed by atoms with Crippen LogP contribution in [0.25, 0.3) is 0 Å². The van der Waals surface area contributed by atoms with E-state index in [-0.39, 0.29) is 0 Å². The summed E-state index contributed by atoms with van der Waals surface area (Å²) in [7, 11) is 3.13. The number of nitrogens with zero attached hydrogens (tertiary/aromatic N) is 1. The zero-order valence-corrected chi connectivity index (χ0v) is 10.2. The molecule has 1 aromatic heterocycles. The monoisotopic (exact) mass is 246 g/mol. The third kappa shape index (κ3) is 2.45. The van der Waals surface area contributed by atoms with E-state index >= 15 is 0 Å². The first kappa shape index (κ1) is 12.0. The van der Waals surface area contributed by atoms with Crippen LogP contribution in [-0.4, -0.2) is 19.2 Å². The molecule has 1 heterocycles. The molecule has 5 heteroatoms. The summed E-state index contributed by atoms with van der Waals surface area (Å²) in [5.41, 5.74) is 6.34. The fourth-order valence-electron chi connectivity index (χ4n) is 1.44. The van der Waals surface area contributed by atoms with E-state index in [9.17, 15) is 0 Å². The Kier molecular flexibility index (Phi) is 3.52. The van der Waals surface area contributed by atoms with Crippen molar-refractivity contribution in [3.8, 4) is 23.1 Å². The number of benzene rings is 1. The summed E-state index contributed by atoms with van der Waals surface area (Å²) in [5, 5.41) is 0. The van der Waals surface area contributed by atoms with Crippen molar-refractivity contribution in [3.05, 3.63) is 36.5 Å². The Morgan fingerprint density at radius 1 is 1.06 bits per heavy atom. The van der Waals surface area contributed by atoms with Gasteiger partial charge in [0.25, 0.3) is 5.88 Å². The minimum atomic E-state index is 0.361. The van der Waals surface area contributed by atoms with Crippen LogP contribution in [0.3, 0.4) is 0 Å². The highest BCUT2D eigenvalue weighted by Gasteiger charge is 2.09. The molecule has 0 saturated carbocycles. The van der Waals surface area contributed by atoms with Crippen molar-refractivity contribution in [3.63, 3.8) is 0 Å². The normalized spacial score (nSPS) is 9.89. The number of nitrogen functional groups attached to an aromatic ring is 1. The molecule has 0 radical (unpaired) electrons. The van der Waals surface area contributed by atoms with Crippen molar-refractivity contribution < 1.29 is 14.2 Å². The van der Waals surface area contributed by atoms with Gasteiger partial charge in [0.1, 0.15) is 5.75 Å². The Morgan fingerprint density at radius 3 is 2.61 bits per heavy atom. The molecule has 0 spiro atoms. The highest BCUT2D eigenvalue weighted by Crippen LogP contribution is 2.34. The lowest BCUT2D eigenvalue weighted by Crippen LogP contribution is -1.96. The van der Waals surface area contributed by atoms with Crippen molar-refractivity contribution in [2.45, 2.75) is 0 Å². The van der Waals surface area contributed by atoms with Crippen LogP contribution in [0, 0.1) is 0 Å². The van der Waals surface area contributed by atoms with Gasteiger partial charge in [-0.2, -0.15) is 0 Å². The van der Waals surface area contributed by atoms with Crippen LogP contribution in [0.1, 0.15) is 0 Å². The smallest absolute Gasteiger partial charge is 0.262 e. The number of rotatable bonds is 4. The zero-order chi connectivity index (χ0) is 13.0. The maximum Gasteiger partial charge on any atom is 0.262 e. The lowest BCUT2D eigenvalue weighted by Gasteiger charge is -2.11. The first-order valence-electron chi connectivity index (χ1n) is 5.35. The summed E-state index contributed by atoms with van der Waals surface area (Å²) in [6.45, 7) is 0. The van der Waals surface area contributed by atoms with Crippen LogP contribution in [-0.2, 0) is 0 Å². The third-order valence-corrected chi connectivity index (χ3v) is 2.38. The second kappa shape index (κ2) is 5.27. The predicted molar refractivity (Wildman–Crippen MR) is 68.3 cm³/mol. The Hall–Kier alpha value is -2.43. The number of hydrogen-bond donors (Lipinski definition) is 1. The number of methoxy groups -OCH3 is 2. The maximum atomic E-state index is 5.83. The van der Waals surface area contributed by atoms with E-state index < -0.39 is 0 Å². The van der Waals surface area contributed by atoms with Gasteiger partial charge in [0.2, 0.25) is 0 Å². The van der Waals surface area contributed by atoms with Gasteiger partial charge in [-0.15, -0.1) is 0 Å². The van der Waals surface area contributed by atoms with Gasteiger partial charge in [0.15, 0.2) is 11.5 Å². The van der Waals surface area contributed by atoms with Crippen LogP contribution in [0.4, 0.5) is 5.69 Å². The topological polar surface area (TPSA) is 66.6 Å². The Bertz CT molecular complexity index is 544. The molecule has 0 amide bonds. The number of aromatic nitrogens is 1. The molecule has 0 aliphatic heterocycles. The molecule has 18 heavy (non-hydrogen) atoms. The molecule has 5 nitrogen and oxygen atoms in total. The molecular weight excluding hydrogens is 232 g/mol. The number of nitrogens with two attached hydrogens (primary N) is 1. The van der Waals surface area contributed by atoms with E-state index in [0.29, 0.717) is 28.8 Å². The van der Waals surface area contributed by atoms with Gasteiger partial charge in [0, 0.05) is 12.3 Å². The van der Waals surface area contributed by atoms with E-state index in [1.54, 1.807) is 50.7 Å². The largest absolute Gasteiger partial charge is 0.497 e. The number of ether oxygens (including phenoxy) is 3. The minimum Gasteiger partial charge on any atom is -0.497 e. The second-order valence-electron chi connectivity index (χ2n) is 3.52. The summed E-state index contributed by atoms with van der Waals surface area (Å²) >= 11 is 0. The Morgan fingerprint density at radius 2 is 1.89 bits per heavy atom. The fraction of sp³-hybridized carbons (Fsp3) is 0.154. The first-order chi connectivity index (χ1) is 8.74. The molecule has 2 N–H and O–H groups in total. The lowest BCUT2D eigenvalue weighted by molar-refractivity contribution is 0.368. The van der Waals surface area contributed by atoms with Crippen molar-refractivity contribution >= 4 is 5.69 Å².